The highest BCUT2D eigenvalue weighted by atomic mass is 79.9. The number of rotatable bonds is 5. The number of aromatic nitrogens is 2. The molecule has 0 atom stereocenters. The van der Waals surface area contributed by atoms with Crippen molar-refractivity contribution in [1.29, 1.82) is 0 Å². The van der Waals surface area contributed by atoms with Crippen LogP contribution in [0.1, 0.15) is 68.4 Å². The van der Waals surface area contributed by atoms with Crippen LogP contribution in [0.2, 0.25) is 0 Å². The van der Waals surface area contributed by atoms with Crippen LogP contribution in [0.25, 0.3) is 5.52 Å². The van der Waals surface area contributed by atoms with E-state index in [2.05, 4.69) is 45.3 Å². The van der Waals surface area contributed by atoms with E-state index in [9.17, 15) is 4.79 Å². The molecule has 2 heterocycles. The molecule has 4 rings (SSSR count). The summed E-state index contributed by atoms with van der Waals surface area (Å²) >= 11 is 3.42. The third-order valence-corrected chi connectivity index (χ3v) is 5.48. The fraction of sp³-hybridized carbons (Fsp3) is 0.346. The lowest BCUT2D eigenvalue weighted by atomic mass is 10.1. The van der Waals surface area contributed by atoms with E-state index in [1.807, 2.05) is 57.2 Å². The number of benzene rings is 1. The number of hydrazone groups is 1. The number of carbonyl (C=O) groups excluding carboxylic acids is 1. The van der Waals surface area contributed by atoms with E-state index in [0.29, 0.717) is 28.2 Å². The van der Waals surface area contributed by atoms with Gasteiger partial charge in [0.15, 0.2) is 5.84 Å². The molecule has 1 fully saturated rings. The average molecular weight is 543 g/mol. The number of anilines is 1. The zero-order valence-electron chi connectivity index (χ0n) is 21.1. The molecule has 188 valence electrons. The number of hydrogen-bond donors (Lipinski definition) is 3. The molecule has 1 amide bonds. The minimum absolute atomic E-state index is 0.248. The van der Waals surface area contributed by atoms with E-state index in [4.69, 9.17) is 11.6 Å². The highest BCUT2D eigenvalue weighted by molar-refractivity contribution is 9.10. The van der Waals surface area contributed by atoms with E-state index in [1.165, 1.54) is 11.5 Å². The average Bonchev–Trinajstić information content (AvgIpc) is 3.61. The van der Waals surface area contributed by atoms with Crippen molar-refractivity contribution >= 4 is 38.9 Å². The second kappa shape index (κ2) is 13.7. The van der Waals surface area contributed by atoms with Crippen molar-refractivity contribution in [2.45, 2.75) is 59.9 Å². The molecule has 8 nitrogen and oxygen atoms in total. The van der Waals surface area contributed by atoms with Crippen LogP contribution >= 0.6 is 15.9 Å². The van der Waals surface area contributed by atoms with Gasteiger partial charge in [-0.3, -0.25) is 4.79 Å². The van der Waals surface area contributed by atoms with E-state index in [1.54, 1.807) is 23.0 Å². The predicted octanol–water partition coefficient (Wildman–Crippen LogP) is 5.61. The molecular weight excluding hydrogens is 506 g/mol. The Kier molecular flexibility index (Phi) is 10.9. The van der Waals surface area contributed by atoms with Gasteiger partial charge in [0.25, 0.3) is 5.91 Å². The molecule has 35 heavy (non-hydrogen) atoms. The summed E-state index contributed by atoms with van der Waals surface area (Å²) in [6, 6.07) is 9.52. The molecule has 0 spiro atoms. The van der Waals surface area contributed by atoms with Crippen molar-refractivity contribution in [1.82, 2.24) is 14.7 Å². The zero-order chi connectivity index (χ0) is 26.0. The van der Waals surface area contributed by atoms with Crippen molar-refractivity contribution in [3.8, 4) is 0 Å². The number of aryl methyl sites for hydroxylation is 1. The molecule has 1 aliphatic carbocycles. The molecule has 5 N–H and O–H groups in total. The molecule has 0 bridgehead atoms. The molecule has 9 heteroatoms. The number of nitrogens with zero attached hydrogens (tertiary/aromatic N) is 4. The van der Waals surface area contributed by atoms with Crippen LogP contribution in [0, 0.1) is 6.92 Å². The number of halogens is 1. The Labute approximate surface area is 216 Å². The van der Waals surface area contributed by atoms with Gasteiger partial charge in [-0.2, -0.15) is 5.10 Å². The summed E-state index contributed by atoms with van der Waals surface area (Å²) in [5.74, 6) is 5.94. The minimum atomic E-state index is -0.248. The van der Waals surface area contributed by atoms with Gasteiger partial charge in [-0.15, -0.1) is 5.10 Å². The summed E-state index contributed by atoms with van der Waals surface area (Å²) in [5.41, 5.74) is 9.55. The first-order valence-electron chi connectivity index (χ1n) is 11.8. The fourth-order valence-corrected chi connectivity index (χ4v) is 3.17. The van der Waals surface area contributed by atoms with Gasteiger partial charge in [-0.1, -0.05) is 60.5 Å². The van der Waals surface area contributed by atoms with Crippen molar-refractivity contribution < 1.29 is 4.79 Å². The maximum absolute atomic E-state index is 12.8. The molecule has 1 aromatic carbocycles. The molecule has 1 saturated carbocycles. The predicted molar refractivity (Wildman–Crippen MR) is 148 cm³/mol. The summed E-state index contributed by atoms with van der Waals surface area (Å²) in [6.07, 6.45) is 10.6. The van der Waals surface area contributed by atoms with Crippen LogP contribution in [0.5, 0.6) is 0 Å². The number of allylic oxidation sites excluding steroid dienone is 2. The van der Waals surface area contributed by atoms with E-state index in [0.717, 1.165) is 22.9 Å². The third-order valence-electron chi connectivity index (χ3n) is 4.99. The summed E-state index contributed by atoms with van der Waals surface area (Å²) in [7, 11) is 0. The largest absolute Gasteiger partial charge is 0.382 e. The first kappa shape index (κ1) is 28.1. The Morgan fingerprint density at radius 2 is 1.91 bits per heavy atom. The van der Waals surface area contributed by atoms with Crippen LogP contribution in [0.4, 0.5) is 5.69 Å². The van der Waals surface area contributed by atoms with Gasteiger partial charge in [0.2, 0.25) is 0 Å². The van der Waals surface area contributed by atoms with Crippen molar-refractivity contribution in [3.05, 3.63) is 76.0 Å². The highest BCUT2D eigenvalue weighted by Gasteiger charge is 2.26. The second-order valence-electron chi connectivity index (χ2n) is 8.19. The standard InChI is InChI=1S/C19H20BrN7O.C4H8.C3H8/c1-11-2-3-12(18(21)25-27(22)14-4-5-14)8-16(11)24-19(28)15-10-23-26-7-6-13(20)9-17(15)26;1-3-4-2;1-3-2/h2-3,6-10,14H,4-5,22H2,1H3,(H2,21,25)(H,24,28);3-4H,1-2H3;3H2,1-2H3/b;4-3-;. The number of nitrogens with one attached hydrogen (secondary N) is 1. The lowest BCUT2D eigenvalue weighted by Gasteiger charge is -2.14. The minimum Gasteiger partial charge on any atom is -0.382 e. The van der Waals surface area contributed by atoms with Crippen molar-refractivity contribution in [2.75, 3.05) is 5.32 Å². The van der Waals surface area contributed by atoms with Crippen LogP contribution < -0.4 is 16.9 Å². The monoisotopic (exact) mass is 541 g/mol. The van der Waals surface area contributed by atoms with E-state index in [-0.39, 0.29) is 11.9 Å². The fourth-order valence-electron chi connectivity index (χ4n) is 2.84. The lowest BCUT2D eigenvalue weighted by molar-refractivity contribution is 0.102. The van der Waals surface area contributed by atoms with Gasteiger partial charge >= 0.3 is 0 Å². The van der Waals surface area contributed by atoms with Crippen LogP contribution in [0.3, 0.4) is 0 Å². The summed E-state index contributed by atoms with van der Waals surface area (Å²) in [4.78, 5) is 12.8. The Morgan fingerprint density at radius 1 is 1.26 bits per heavy atom. The zero-order valence-corrected chi connectivity index (χ0v) is 22.7. The Morgan fingerprint density at radius 3 is 2.51 bits per heavy atom. The van der Waals surface area contributed by atoms with E-state index >= 15 is 0 Å². The third kappa shape index (κ3) is 8.22. The van der Waals surface area contributed by atoms with Gasteiger partial charge in [-0.25, -0.2) is 15.5 Å². The normalized spacial score (nSPS) is 13.1. The highest BCUT2D eigenvalue weighted by Crippen LogP contribution is 2.25. The molecule has 1 aliphatic rings. The summed E-state index contributed by atoms with van der Waals surface area (Å²) in [5, 5.41) is 12.8. The topological polar surface area (TPSA) is 114 Å². The molecule has 0 radical (unpaired) electrons. The molecule has 0 unspecified atom stereocenters. The first-order valence-corrected chi connectivity index (χ1v) is 12.5. The molecule has 2 aromatic heterocycles. The number of hydrazine groups is 1. The molecule has 0 aliphatic heterocycles. The SMILES string of the molecule is C/C=C\C.CCC.Cc1ccc(/C(N)=N/N(N)C2CC2)cc1NC(=O)c1cnn2ccc(Br)cc12. The van der Waals surface area contributed by atoms with Crippen LogP contribution in [0.15, 0.2) is 64.5 Å². The Balaban J connectivity index is 0.000000551. The number of nitrogens with two attached hydrogens (primary N) is 2. The maximum atomic E-state index is 12.8. The quantitative estimate of drug-likeness (QED) is 0.127. The first-order chi connectivity index (χ1) is 16.7. The number of carbonyl (C=O) groups is 1. The molecule has 0 saturated heterocycles. The van der Waals surface area contributed by atoms with Crippen LogP contribution in [-0.2, 0) is 0 Å². The molecule has 3 aromatic rings. The van der Waals surface area contributed by atoms with Gasteiger partial charge in [-0.05, 0) is 57.4 Å². The number of amides is 1. The second-order valence-corrected chi connectivity index (χ2v) is 9.10. The number of hydrogen-bond acceptors (Lipinski definition) is 5. The number of pyridine rings is 1. The van der Waals surface area contributed by atoms with E-state index < -0.39 is 0 Å². The Hall–Kier alpha value is -3.17. The van der Waals surface area contributed by atoms with Crippen molar-refractivity contribution in [2.24, 2.45) is 16.7 Å². The number of amidine groups is 1. The molecular formula is C26H36BrN7O. The maximum Gasteiger partial charge on any atom is 0.259 e. The van der Waals surface area contributed by atoms with Gasteiger partial charge in [0.05, 0.1) is 23.3 Å². The van der Waals surface area contributed by atoms with Crippen molar-refractivity contribution in [3.63, 3.8) is 0 Å². The van der Waals surface area contributed by atoms with Gasteiger partial charge in [0.1, 0.15) is 0 Å². The summed E-state index contributed by atoms with van der Waals surface area (Å²) in [6.45, 7) is 10.2. The Bertz CT molecular complexity index is 1180. The number of fused-ring (bicyclic) bond motifs is 1. The van der Waals surface area contributed by atoms with Crippen LogP contribution in [-0.4, -0.2) is 32.5 Å². The smallest absolute Gasteiger partial charge is 0.259 e. The van der Waals surface area contributed by atoms with Gasteiger partial charge in [0, 0.05) is 21.9 Å². The lowest BCUT2D eigenvalue weighted by Crippen LogP contribution is -2.31. The van der Waals surface area contributed by atoms with Gasteiger partial charge < -0.3 is 11.1 Å². The summed E-state index contributed by atoms with van der Waals surface area (Å²) < 4.78 is 2.53.